The summed E-state index contributed by atoms with van der Waals surface area (Å²) < 4.78 is 10.6. The Balaban J connectivity index is 1.59. The first-order valence-corrected chi connectivity index (χ1v) is 8.28. The van der Waals surface area contributed by atoms with E-state index in [1.54, 1.807) is 7.11 Å². The fourth-order valence-corrected chi connectivity index (χ4v) is 2.90. The lowest BCUT2D eigenvalue weighted by Crippen LogP contribution is -2.39. The quantitative estimate of drug-likeness (QED) is 0.884. The van der Waals surface area contributed by atoms with Crippen molar-refractivity contribution in [3.05, 3.63) is 35.9 Å². The van der Waals surface area contributed by atoms with Crippen LogP contribution >= 0.6 is 0 Å². The van der Waals surface area contributed by atoms with Crippen LogP contribution in [0.15, 0.2) is 30.3 Å². The second-order valence-electron chi connectivity index (χ2n) is 5.96. The highest BCUT2D eigenvalue weighted by Gasteiger charge is 2.14. The van der Waals surface area contributed by atoms with Crippen molar-refractivity contribution in [2.45, 2.75) is 19.4 Å². The van der Waals surface area contributed by atoms with E-state index in [9.17, 15) is 4.79 Å². The number of nitrogens with one attached hydrogen (secondary N) is 2. The molecule has 6 heteroatoms. The second-order valence-corrected chi connectivity index (χ2v) is 5.96. The van der Waals surface area contributed by atoms with E-state index < -0.39 is 0 Å². The predicted octanol–water partition coefficient (Wildman–Crippen LogP) is 2.47. The number of carbonyl (C=O) groups is 1. The fourth-order valence-electron chi connectivity index (χ4n) is 2.90. The number of aromatic nitrogens is 1. The van der Waals surface area contributed by atoms with Crippen molar-refractivity contribution in [1.29, 1.82) is 0 Å². The van der Waals surface area contributed by atoms with Gasteiger partial charge in [-0.05, 0) is 30.4 Å². The van der Waals surface area contributed by atoms with Gasteiger partial charge in [0, 0.05) is 37.8 Å². The molecule has 0 saturated carbocycles. The van der Waals surface area contributed by atoms with Gasteiger partial charge in [0.15, 0.2) is 0 Å². The number of methoxy groups -OCH3 is 1. The first-order chi connectivity index (χ1) is 11.8. The lowest BCUT2D eigenvalue weighted by molar-refractivity contribution is 0.0669. The maximum atomic E-state index is 12.0. The number of urea groups is 1. The number of benzene rings is 1. The van der Waals surface area contributed by atoms with Crippen molar-refractivity contribution >= 4 is 16.9 Å². The number of fused-ring (bicyclic) bond motifs is 1. The highest BCUT2D eigenvalue weighted by molar-refractivity contribution is 5.83. The van der Waals surface area contributed by atoms with Gasteiger partial charge < -0.3 is 20.1 Å². The van der Waals surface area contributed by atoms with Crippen molar-refractivity contribution in [2.75, 3.05) is 26.9 Å². The van der Waals surface area contributed by atoms with Crippen LogP contribution in [-0.2, 0) is 11.3 Å². The summed E-state index contributed by atoms with van der Waals surface area (Å²) in [5, 5.41) is 6.88. The Bertz CT molecular complexity index is 699. The van der Waals surface area contributed by atoms with Gasteiger partial charge in [-0.25, -0.2) is 9.78 Å². The van der Waals surface area contributed by atoms with Crippen molar-refractivity contribution in [3.8, 4) is 5.88 Å². The molecule has 0 atom stereocenters. The lowest BCUT2D eigenvalue weighted by atomic mass is 10.0. The van der Waals surface area contributed by atoms with E-state index in [-0.39, 0.29) is 6.03 Å². The van der Waals surface area contributed by atoms with Crippen LogP contribution in [0.4, 0.5) is 4.79 Å². The molecule has 1 aromatic heterocycles. The van der Waals surface area contributed by atoms with Gasteiger partial charge in [0.25, 0.3) is 0 Å². The summed E-state index contributed by atoms with van der Waals surface area (Å²) >= 11 is 0. The molecular formula is C18H23N3O3. The van der Waals surface area contributed by atoms with Crippen molar-refractivity contribution in [2.24, 2.45) is 5.92 Å². The van der Waals surface area contributed by atoms with E-state index in [0.717, 1.165) is 42.5 Å². The summed E-state index contributed by atoms with van der Waals surface area (Å²) in [7, 11) is 1.59. The molecule has 2 aromatic rings. The van der Waals surface area contributed by atoms with Gasteiger partial charge >= 0.3 is 6.03 Å². The number of pyridine rings is 1. The number of hydrogen-bond acceptors (Lipinski definition) is 4. The average Bonchev–Trinajstić information content (AvgIpc) is 2.65. The van der Waals surface area contributed by atoms with E-state index in [4.69, 9.17) is 9.47 Å². The molecule has 1 saturated heterocycles. The molecule has 0 radical (unpaired) electrons. The fraction of sp³-hybridized carbons (Fsp3) is 0.444. The smallest absolute Gasteiger partial charge is 0.315 e. The molecular weight excluding hydrogens is 306 g/mol. The first-order valence-electron chi connectivity index (χ1n) is 8.28. The van der Waals surface area contributed by atoms with Crippen molar-refractivity contribution in [1.82, 2.24) is 15.6 Å². The molecule has 2 amide bonds. The van der Waals surface area contributed by atoms with E-state index in [1.165, 1.54) is 0 Å². The molecule has 1 aliphatic heterocycles. The Morgan fingerprint density at radius 2 is 2.08 bits per heavy atom. The maximum Gasteiger partial charge on any atom is 0.315 e. The lowest BCUT2D eigenvalue weighted by Gasteiger charge is -2.22. The third-order valence-electron chi connectivity index (χ3n) is 4.32. The third kappa shape index (κ3) is 4.14. The summed E-state index contributed by atoms with van der Waals surface area (Å²) in [6, 6.07) is 9.55. The Morgan fingerprint density at radius 1 is 1.29 bits per heavy atom. The average molecular weight is 329 g/mol. The molecule has 0 spiro atoms. The normalized spacial score (nSPS) is 15.2. The van der Waals surface area contributed by atoms with E-state index in [2.05, 4.69) is 15.6 Å². The summed E-state index contributed by atoms with van der Waals surface area (Å²) in [5.41, 5.74) is 1.84. The third-order valence-corrected chi connectivity index (χ3v) is 4.32. The van der Waals surface area contributed by atoms with Crippen LogP contribution in [0.3, 0.4) is 0 Å². The van der Waals surface area contributed by atoms with Crippen molar-refractivity contribution in [3.63, 3.8) is 0 Å². The number of rotatable bonds is 5. The molecule has 0 aliphatic carbocycles. The van der Waals surface area contributed by atoms with Gasteiger partial charge in [0.2, 0.25) is 5.88 Å². The number of para-hydroxylation sites is 1. The maximum absolute atomic E-state index is 12.0. The van der Waals surface area contributed by atoms with Crippen LogP contribution < -0.4 is 15.4 Å². The standard InChI is InChI=1S/C18H23N3O3/c1-23-17-10-14(15-4-2-3-5-16(15)21-17)12-20-18(22)19-11-13-6-8-24-9-7-13/h2-5,10,13H,6-9,11-12H2,1H3,(H2,19,20,22). The van der Waals surface area contributed by atoms with Gasteiger partial charge in [-0.15, -0.1) is 0 Å². The largest absolute Gasteiger partial charge is 0.481 e. The number of amides is 2. The Kier molecular flexibility index (Phi) is 5.48. The van der Waals surface area contributed by atoms with Crippen LogP contribution in [0.25, 0.3) is 10.9 Å². The molecule has 0 bridgehead atoms. The van der Waals surface area contributed by atoms with Crippen LogP contribution in [0, 0.1) is 5.92 Å². The Morgan fingerprint density at radius 3 is 2.88 bits per heavy atom. The monoisotopic (exact) mass is 329 g/mol. The molecule has 2 N–H and O–H groups in total. The van der Waals surface area contributed by atoms with Gasteiger partial charge in [-0.3, -0.25) is 0 Å². The van der Waals surface area contributed by atoms with Crippen LogP contribution in [0.2, 0.25) is 0 Å². The van der Waals surface area contributed by atoms with Crippen LogP contribution in [-0.4, -0.2) is 37.9 Å². The van der Waals surface area contributed by atoms with Gasteiger partial charge in [-0.1, -0.05) is 18.2 Å². The summed E-state index contributed by atoms with van der Waals surface area (Å²) in [5.74, 6) is 1.06. The zero-order chi connectivity index (χ0) is 16.8. The van der Waals surface area contributed by atoms with Crippen molar-refractivity contribution < 1.29 is 14.3 Å². The van der Waals surface area contributed by atoms with E-state index in [1.807, 2.05) is 30.3 Å². The molecule has 2 heterocycles. The topological polar surface area (TPSA) is 72.5 Å². The molecule has 3 rings (SSSR count). The number of carbonyl (C=O) groups excluding carboxylic acids is 1. The molecule has 0 unspecified atom stereocenters. The minimum absolute atomic E-state index is 0.152. The molecule has 24 heavy (non-hydrogen) atoms. The second kappa shape index (κ2) is 7.97. The predicted molar refractivity (Wildman–Crippen MR) is 92.1 cm³/mol. The highest BCUT2D eigenvalue weighted by Crippen LogP contribution is 2.21. The molecule has 1 fully saturated rings. The first kappa shape index (κ1) is 16.5. The number of ether oxygens (including phenoxy) is 2. The minimum Gasteiger partial charge on any atom is -0.481 e. The Hall–Kier alpha value is -2.34. The Labute approximate surface area is 141 Å². The van der Waals surface area contributed by atoms with Gasteiger partial charge in [-0.2, -0.15) is 0 Å². The summed E-state index contributed by atoms with van der Waals surface area (Å²) in [6.45, 7) is 2.70. The van der Waals surface area contributed by atoms with E-state index >= 15 is 0 Å². The molecule has 1 aliphatic rings. The van der Waals surface area contributed by atoms with E-state index in [0.29, 0.717) is 24.9 Å². The summed E-state index contributed by atoms with van der Waals surface area (Å²) in [6.07, 6.45) is 2.01. The summed E-state index contributed by atoms with van der Waals surface area (Å²) in [4.78, 5) is 16.5. The van der Waals surface area contributed by atoms with Crippen LogP contribution in [0.1, 0.15) is 18.4 Å². The number of nitrogens with zero attached hydrogens (tertiary/aromatic N) is 1. The number of hydrogen-bond donors (Lipinski definition) is 2. The van der Waals surface area contributed by atoms with Crippen LogP contribution in [0.5, 0.6) is 5.88 Å². The van der Waals surface area contributed by atoms with Gasteiger partial charge in [0.05, 0.1) is 12.6 Å². The molecule has 1 aromatic carbocycles. The SMILES string of the molecule is COc1cc(CNC(=O)NCC2CCOCC2)c2ccccc2n1. The molecule has 6 nitrogen and oxygen atoms in total. The minimum atomic E-state index is -0.152. The zero-order valence-corrected chi connectivity index (χ0v) is 13.9. The zero-order valence-electron chi connectivity index (χ0n) is 13.9. The molecule has 128 valence electrons. The van der Waals surface area contributed by atoms with Gasteiger partial charge in [0.1, 0.15) is 0 Å². The highest BCUT2D eigenvalue weighted by atomic mass is 16.5.